The lowest BCUT2D eigenvalue weighted by Gasteiger charge is -2.53. The highest BCUT2D eigenvalue weighted by Crippen LogP contribution is 2.60. The highest BCUT2D eigenvalue weighted by molar-refractivity contribution is 5.93. The molecule has 0 unspecified atom stereocenters. The molecule has 2 heterocycles. The number of carbonyl (C=O) groups excluding carboxylic acids is 1. The van der Waals surface area contributed by atoms with Crippen LogP contribution >= 0.6 is 0 Å². The normalized spacial score (nSPS) is 29.4. The van der Waals surface area contributed by atoms with Crippen molar-refractivity contribution in [3.8, 4) is 11.6 Å². The third kappa shape index (κ3) is 3.72. The molecule has 0 bridgehead atoms. The van der Waals surface area contributed by atoms with Crippen molar-refractivity contribution in [1.29, 1.82) is 0 Å². The lowest BCUT2D eigenvalue weighted by Crippen LogP contribution is -2.49. The van der Waals surface area contributed by atoms with E-state index in [4.69, 9.17) is 14.2 Å². The molecule has 1 aromatic heterocycles. The van der Waals surface area contributed by atoms with Gasteiger partial charge in [0, 0.05) is 30.2 Å². The van der Waals surface area contributed by atoms with E-state index in [2.05, 4.69) is 32.7 Å². The van der Waals surface area contributed by atoms with Gasteiger partial charge in [-0.3, -0.25) is 0 Å². The molecule has 2 aromatic carbocycles. The van der Waals surface area contributed by atoms with Gasteiger partial charge in [-0.05, 0) is 55.4 Å². The molecule has 6 atom stereocenters. The largest absolute Gasteiger partial charge is 0.490 e. The van der Waals surface area contributed by atoms with Crippen LogP contribution in [0.1, 0.15) is 64.5 Å². The Labute approximate surface area is 207 Å². The van der Waals surface area contributed by atoms with Crippen molar-refractivity contribution in [2.75, 3.05) is 7.11 Å². The van der Waals surface area contributed by atoms with Crippen LogP contribution in [0, 0.1) is 17.3 Å². The summed E-state index contributed by atoms with van der Waals surface area (Å²) in [5, 5.41) is 2.00. The van der Waals surface area contributed by atoms with E-state index in [1.807, 2.05) is 48.5 Å². The van der Waals surface area contributed by atoms with E-state index >= 15 is 0 Å². The Morgan fingerprint density at radius 3 is 2.63 bits per heavy atom. The maximum atomic E-state index is 13.8. The fraction of sp³-hybridized carbons (Fsp3) is 0.467. The van der Waals surface area contributed by atoms with Crippen LogP contribution in [0.2, 0.25) is 0 Å². The number of esters is 1. The van der Waals surface area contributed by atoms with E-state index in [-0.39, 0.29) is 17.4 Å². The predicted octanol–water partition coefficient (Wildman–Crippen LogP) is 6.64. The van der Waals surface area contributed by atoms with Crippen molar-refractivity contribution in [1.82, 2.24) is 4.98 Å². The Hall–Kier alpha value is -2.92. The number of rotatable bonds is 4. The molecule has 0 radical (unpaired) electrons. The van der Waals surface area contributed by atoms with Crippen LogP contribution in [-0.2, 0) is 15.1 Å². The summed E-state index contributed by atoms with van der Waals surface area (Å²) >= 11 is 0. The van der Waals surface area contributed by atoms with Crippen molar-refractivity contribution in [2.24, 2.45) is 17.3 Å². The molecule has 1 fully saturated rings. The van der Waals surface area contributed by atoms with Crippen LogP contribution in [0.25, 0.3) is 10.8 Å². The molecule has 1 aliphatic heterocycles. The molecule has 2 aliphatic rings. The first-order chi connectivity index (χ1) is 16.7. The lowest BCUT2D eigenvalue weighted by atomic mass is 9.55. The second-order valence-electron chi connectivity index (χ2n) is 10.9. The van der Waals surface area contributed by atoms with Gasteiger partial charge in [0.15, 0.2) is 5.60 Å². The van der Waals surface area contributed by atoms with Crippen LogP contribution in [0.3, 0.4) is 0 Å². The molecule has 1 saturated carbocycles. The monoisotopic (exact) mass is 473 g/mol. The van der Waals surface area contributed by atoms with Crippen LogP contribution < -0.4 is 9.47 Å². The number of methoxy groups -OCH3 is 1. The number of hydrogen-bond acceptors (Lipinski definition) is 5. The van der Waals surface area contributed by atoms with Gasteiger partial charge >= 0.3 is 5.97 Å². The van der Waals surface area contributed by atoms with E-state index in [9.17, 15) is 4.79 Å². The molecule has 184 valence electrons. The molecule has 0 amide bonds. The number of hydrogen-bond donors (Lipinski definition) is 0. The zero-order valence-corrected chi connectivity index (χ0v) is 21.5. The number of fused-ring (bicyclic) bond motifs is 4. The number of aromatic nitrogens is 1. The predicted molar refractivity (Wildman–Crippen MR) is 137 cm³/mol. The summed E-state index contributed by atoms with van der Waals surface area (Å²) < 4.78 is 18.4. The molecule has 5 heteroatoms. The van der Waals surface area contributed by atoms with Crippen molar-refractivity contribution in [2.45, 2.75) is 65.1 Å². The van der Waals surface area contributed by atoms with Crippen molar-refractivity contribution in [3.05, 3.63) is 65.9 Å². The topological polar surface area (TPSA) is 57.7 Å². The summed E-state index contributed by atoms with van der Waals surface area (Å²) in [6.45, 7) is 10.9. The first kappa shape index (κ1) is 23.8. The average Bonchev–Trinajstić information content (AvgIpc) is 2.83. The smallest absolute Gasteiger partial charge is 0.349 e. The Morgan fingerprint density at radius 2 is 1.86 bits per heavy atom. The minimum absolute atomic E-state index is 0.0610. The first-order valence-electron chi connectivity index (χ1n) is 12.6. The minimum atomic E-state index is -1.30. The van der Waals surface area contributed by atoms with Crippen LogP contribution in [0.4, 0.5) is 0 Å². The first-order valence-corrected chi connectivity index (χ1v) is 12.6. The zero-order valence-electron chi connectivity index (χ0n) is 21.5. The quantitative estimate of drug-likeness (QED) is 0.398. The Bertz CT molecular complexity index is 1270. The summed E-state index contributed by atoms with van der Waals surface area (Å²) in [4.78, 5) is 18.4. The zero-order chi connectivity index (χ0) is 25.0. The van der Waals surface area contributed by atoms with Gasteiger partial charge in [0.2, 0.25) is 5.88 Å². The number of pyridine rings is 1. The lowest BCUT2D eigenvalue weighted by molar-refractivity contribution is -0.158. The molecule has 5 rings (SSSR count). The summed E-state index contributed by atoms with van der Waals surface area (Å²) in [6, 6.07) is 15.8. The number of benzene rings is 2. The fourth-order valence-corrected chi connectivity index (χ4v) is 6.78. The second-order valence-corrected chi connectivity index (χ2v) is 10.9. The Balaban J connectivity index is 1.57. The van der Waals surface area contributed by atoms with E-state index in [1.165, 1.54) is 0 Å². The standard InChI is InChI=1S/C30H35NO4/c1-18-16-19(2)26-25-24(34-20(3)29(26,4)17-18)14-15-31-27(25)35-28(32)30(5,33-6)23-13-9-11-21-10-7-8-12-22(21)23/h7-15,18-20,26H,16-17H2,1-6H3/t18-,19+,20-,26+,29-,30+/m1/s1. The van der Waals surface area contributed by atoms with Gasteiger partial charge in [0.1, 0.15) is 11.9 Å². The number of carbonyl (C=O) groups is 1. The average molecular weight is 474 g/mol. The van der Waals surface area contributed by atoms with Gasteiger partial charge in [-0.25, -0.2) is 9.78 Å². The number of nitrogens with zero attached hydrogens (tertiary/aromatic N) is 1. The molecule has 35 heavy (non-hydrogen) atoms. The van der Waals surface area contributed by atoms with Crippen molar-refractivity contribution < 1.29 is 19.0 Å². The molecule has 0 saturated heterocycles. The molecular formula is C30H35NO4. The van der Waals surface area contributed by atoms with E-state index < -0.39 is 11.6 Å². The molecular weight excluding hydrogens is 438 g/mol. The molecule has 5 nitrogen and oxygen atoms in total. The van der Waals surface area contributed by atoms with Crippen molar-refractivity contribution in [3.63, 3.8) is 0 Å². The van der Waals surface area contributed by atoms with Gasteiger partial charge in [-0.2, -0.15) is 0 Å². The van der Waals surface area contributed by atoms with Gasteiger partial charge in [-0.1, -0.05) is 63.2 Å². The minimum Gasteiger partial charge on any atom is -0.490 e. The van der Waals surface area contributed by atoms with Gasteiger partial charge in [-0.15, -0.1) is 0 Å². The fourth-order valence-electron chi connectivity index (χ4n) is 6.78. The van der Waals surface area contributed by atoms with E-state index in [1.54, 1.807) is 20.2 Å². The summed E-state index contributed by atoms with van der Waals surface area (Å²) in [6.07, 6.45) is 3.92. The molecule has 0 spiro atoms. The Morgan fingerprint density at radius 1 is 1.11 bits per heavy atom. The Kier molecular flexibility index (Phi) is 5.87. The van der Waals surface area contributed by atoms with Crippen LogP contribution in [0.5, 0.6) is 11.6 Å². The molecule has 1 aliphatic carbocycles. The van der Waals surface area contributed by atoms with Gasteiger partial charge in [0.25, 0.3) is 0 Å². The van der Waals surface area contributed by atoms with Gasteiger partial charge in [0.05, 0.1) is 5.56 Å². The third-order valence-corrected chi connectivity index (χ3v) is 8.59. The summed E-state index contributed by atoms with van der Waals surface area (Å²) in [5.41, 5.74) is 0.318. The highest BCUT2D eigenvalue weighted by atomic mass is 16.6. The third-order valence-electron chi connectivity index (χ3n) is 8.59. The van der Waals surface area contributed by atoms with Crippen LogP contribution in [0.15, 0.2) is 54.7 Å². The molecule has 3 aromatic rings. The highest BCUT2D eigenvalue weighted by Gasteiger charge is 2.53. The number of ether oxygens (including phenoxy) is 3. The van der Waals surface area contributed by atoms with Crippen molar-refractivity contribution >= 4 is 16.7 Å². The summed E-state index contributed by atoms with van der Waals surface area (Å²) in [7, 11) is 1.55. The maximum absolute atomic E-state index is 13.8. The second kappa shape index (κ2) is 8.63. The van der Waals surface area contributed by atoms with E-state index in [0.29, 0.717) is 17.7 Å². The van der Waals surface area contributed by atoms with Gasteiger partial charge < -0.3 is 14.2 Å². The maximum Gasteiger partial charge on any atom is 0.349 e. The van der Waals surface area contributed by atoms with Crippen LogP contribution in [-0.4, -0.2) is 24.2 Å². The SMILES string of the molecule is CO[C@](C)(C(=O)Oc1nccc2c1[C@@H]1[C@@H](C)C[C@@H](C)C[C@]1(C)[C@@H](C)O2)c1cccc2ccccc12. The summed E-state index contributed by atoms with van der Waals surface area (Å²) in [5.74, 6) is 1.84. The van der Waals surface area contributed by atoms with E-state index in [0.717, 1.165) is 40.5 Å². The molecule has 0 N–H and O–H groups in total.